The van der Waals surface area contributed by atoms with Crippen LogP contribution < -0.4 is 0 Å². The largest absolute Gasteiger partial charge is 0.393 e. The minimum Gasteiger partial charge on any atom is -0.393 e. The van der Waals surface area contributed by atoms with Crippen LogP contribution in [0.25, 0.3) is 0 Å². The molecule has 3 heteroatoms. The van der Waals surface area contributed by atoms with Crippen LogP contribution in [0.3, 0.4) is 0 Å². The van der Waals surface area contributed by atoms with E-state index in [1.54, 1.807) is 0 Å². The highest BCUT2D eigenvalue weighted by Gasteiger charge is 2.32. The maximum Gasteiger partial charge on any atom is 0.102 e. The van der Waals surface area contributed by atoms with Gasteiger partial charge in [0.25, 0.3) is 0 Å². The summed E-state index contributed by atoms with van der Waals surface area (Å²) in [5.41, 5.74) is 1.69. The van der Waals surface area contributed by atoms with Gasteiger partial charge >= 0.3 is 0 Å². The quantitative estimate of drug-likeness (QED) is 0.803. The summed E-state index contributed by atoms with van der Waals surface area (Å²) in [5.74, 6) is 3.36. The molecular weight excluding hydrogens is 292 g/mol. The third kappa shape index (κ3) is 4.07. The van der Waals surface area contributed by atoms with Gasteiger partial charge in [-0.15, -0.1) is 0 Å². The molecule has 0 saturated heterocycles. The lowest BCUT2D eigenvalue weighted by atomic mass is 10.1. The van der Waals surface area contributed by atoms with Crippen molar-refractivity contribution in [2.24, 2.45) is 0 Å². The first-order chi connectivity index (χ1) is 10.3. The van der Waals surface area contributed by atoms with Crippen LogP contribution >= 0.6 is 10.0 Å². The molecule has 0 heterocycles. The molecule has 124 valence electrons. The smallest absolute Gasteiger partial charge is 0.102 e. The molecule has 1 rings (SSSR count). The summed E-state index contributed by atoms with van der Waals surface area (Å²) in [6.45, 7) is 13.4. The lowest BCUT2D eigenvalue weighted by molar-refractivity contribution is 0.0956. The van der Waals surface area contributed by atoms with Gasteiger partial charge in [-0.2, -0.15) is 10.0 Å². The van der Waals surface area contributed by atoms with Crippen molar-refractivity contribution < 1.29 is 10.2 Å². The highest BCUT2D eigenvalue weighted by Crippen LogP contribution is 2.59. The van der Waals surface area contributed by atoms with Crippen LogP contribution in [0.5, 0.6) is 0 Å². The maximum absolute atomic E-state index is 9.62. The Kier molecular flexibility index (Phi) is 6.99. The molecule has 0 aliphatic rings. The number of benzene rings is 1. The topological polar surface area (TPSA) is 40.5 Å². The van der Waals surface area contributed by atoms with Gasteiger partial charge < -0.3 is 10.2 Å². The van der Waals surface area contributed by atoms with Gasteiger partial charge in [-0.3, -0.25) is 0 Å². The van der Waals surface area contributed by atoms with Crippen molar-refractivity contribution >= 4 is 10.0 Å². The van der Waals surface area contributed by atoms with Gasteiger partial charge in [0, 0.05) is 5.56 Å². The summed E-state index contributed by atoms with van der Waals surface area (Å²) >= 11 is 0. The second-order valence-corrected chi connectivity index (χ2v) is 11.0. The van der Waals surface area contributed by atoms with E-state index in [2.05, 4.69) is 52.7 Å². The number of aliphatic hydroxyl groups is 2. The summed E-state index contributed by atoms with van der Waals surface area (Å²) in [6, 6.07) is 7.52. The molecule has 1 aromatic carbocycles. The first kappa shape index (κ1) is 19.1. The Balaban J connectivity index is 3.13. The van der Waals surface area contributed by atoms with E-state index in [4.69, 9.17) is 5.11 Å². The molecule has 1 aromatic rings. The van der Waals surface area contributed by atoms with Crippen molar-refractivity contribution in [1.82, 2.24) is 0 Å². The lowest BCUT2D eigenvalue weighted by Gasteiger charge is -2.46. The molecule has 0 spiro atoms. The monoisotopic (exact) mass is 322 g/mol. The molecule has 0 aliphatic heterocycles. The molecule has 22 heavy (non-hydrogen) atoms. The Morgan fingerprint density at radius 2 is 1.36 bits per heavy atom. The minimum absolute atomic E-state index is 0.258. The van der Waals surface area contributed by atoms with Gasteiger partial charge in [-0.25, -0.2) is 0 Å². The molecule has 0 aromatic heterocycles. The fraction of sp³-hybridized carbons (Fsp3) is 0.579. The van der Waals surface area contributed by atoms with Crippen molar-refractivity contribution in [3.05, 3.63) is 35.4 Å². The Bertz CT molecular complexity index is 499. The molecule has 0 unspecified atom stereocenters. The van der Waals surface area contributed by atoms with Crippen molar-refractivity contribution in [2.45, 2.75) is 63.4 Å². The van der Waals surface area contributed by atoms with Crippen LogP contribution in [0.2, 0.25) is 0 Å². The summed E-state index contributed by atoms with van der Waals surface area (Å²) < 4.78 is 0. The minimum atomic E-state index is -1.03. The Labute approximate surface area is 137 Å². The van der Waals surface area contributed by atoms with E-state index in [9.17, 15) is 5.11 Å². The predicted octanol–water partition coefficient (Wildman–Crippen LogP) is 4.05. The zero-order chi connectivity index (χ0) is 16.9. The molecular formula is C19H30O2S. The van der Waals surface area contributed by atoms with E-state index in [0.717, 1.165) is 11.1 Å². The molecule has 0 fully saturated rings. The van der Waals surface area contributed by atoms with Crippen LogP contribution in [-0.2, 0) is 0 Å². The second-order valence-electron chi connectivity index (χ2n) is 6.46. The standard InChI is InChI=1S/C19H30O2S/c1-14(2)22(15(3)4,16(5)6)12-11-17-7-9-18(10-8-17)19(21)13-20/h7-10,14-16,19-21H,13H2,1-6H3/t19-/m1/s1. The molecule has 2 N–H and O–H groups in total. The number of hydrogen-bond donors (Lipinski definition) is 2. The van der Waals surface area contributed by atoms with Gasteiger partial charge in [0.2, 0.25) is 0 Å². The zero-order valence-corrected chi connectivity index (χ0v) is 15.4. The molecule has 2 nitrogen and oxygen atoms in total. The van der Waals surface area contributed by atoms with Crippen LogP contribution in [0.4, 0.5) is 0 Å². The van der Waals surface area contributed by atoms with E-state index in [-0.39, 0.29) is 6.61 Å². The van der Waals surface area contributed by atoms with Gasteiger partial charge in [0.05, 0.1) is 6.61 Å². The first-order valence-electron chi connectivity index (χ1n) is 7.97. The van der Waals surface area contributed by atoms with Gasteiger partial charge in [0.1, 0.15) is 6.10 Å². The molecule has 0 radical (unpaired) electrons. The van der Waals surface area contributed by atoms with Crippen LogP contribution in [0.15, 0.2) is 24.3 Å². The van der Waals surface area contributed by atoms with Gasteiger partial charge in [0.15, 0.2) is 0 Å². The summed E-state index contributed by atoms with van der Waals surface area (Å²) in [7, 11) is -1.03. The van der Waals surface area contributed by atoms with E-state index in [0.29, 0.717) is 15.7 Å². The molecule has 0 bridgehead atoms. The zero-order valence-electron chi connectivity index (χ0n) is 14.6. The lowest BCUT2D eigenvalue weighted by Crippen LogP contribution is -2.27. The van der Waals surface area contributed by atoms with Crippen molar-refractivity contribution in [3.8, 4) is 11.2 Å². The average Bonchev–Trinajstić information content (AvgIpc) is 2.46. The first-order valence-corrected chi connectivity index (χ1v) is 9.79. The Morgan fingerprint density at radius 3 is 1.73 bits per heavy atom. The predicted molar refractivity (Wildman–Crippen MR) is 98.4 cm³/mol. The summed E-state index contributed by atoms with van der Waals surface area (Å²) in [5, 5.41) is 23.9. The van der Waals surface area contributed by atoms with Crippen LogP contribution in [-0.4, -0.2) is 32.6 Å². The number of aliphatic hydroxyl groups excluding tert-OH is 2. The van der Waals surface area contributed by atoms with Crippen molar-refractivity contribution in [1.29, 1.82) is 0 Å². The normalized spacial score (nSPS) is 14.1. The third-order valence-corrected chi connectivity index (χ3v) is 9.32. The van der Waals surface area contributed by atoms with Crippen molar-refractivity contribution in [2.75, 3.05) is 6.61 Å². The fourth-order valence-electron chi connectivity index (χ4n) is 3.03. The average molecular weight is 323 g/mol. The number of rotatable bonds is 5. The Hall–Kier alpha value is -0.950. The second kappa shape index (κ2) is 8.06. The number of hydrogen-bond acceptors (Lipinski definition) is 2. The summed E-state index contributed by atoms with van der Waals surface area (Å²) in [4.78, 5) is 0. The van der Waals surface area contributed by atoms with E-state index in [1.807, 2.05) is 24.3 Å². The maximum atomic E-state index is 9.62. The fourth-order valence-corrected chi connectivity index (χ4v) is 7.30. The van der Waals surface area contributed by atoms with Crippen molar-refractivity contribution in [3.63, 3.8) is 0 Å². The summed E-state index contributed by atoms with van der Waals surface area (Å²) in [6.07, 6.45) is -0.811. The SMILES string of the molecule is CC(C)S(C#Cc1ccc([C@H](O)CO)cc1)(C(C)C)C(C)C. The van der Waals surface area contributed by atoms with E-state index < -0.39 is 16.1 Å². The van der Waals surface area contributed by atoms with Gasteiger partial charge in [-0.1, -0.05) is 59.6 Å². The van der Waals surface area contributed by atoms with Crippen LogP contribution in [0, 0.1) is 11.2 Å². The van der Waals surface area contributed by atoms with Crippen LogP contribution in [0.1, 0.15) is 58.8 Å². The molecule has 0 aliphatic carbocycles. The Morgan fingerprint density at radius 1 is 0.909 bits per heavy atom. The molecule has 0 saturated carbocycles. The van der Waals surface area contributed by atoms with Gasteiger partial charge in [-0.05, 0) is 38.7 Å². The molecule has 0 amide bonds. The highest BCUT2D eigenvalue weighted by molar-refractivity contribution is 8.38. The highest BCUT2D eigenvalue weighted by atomic mass is 32.3. The third-order valence-electron chi connectivity index (χ3n) is 4.18. The van der Waals surface area contributed by atoms with E-state index >= 15 is 0 Å². The van der Waals surface area contributed by atoms with E-state index in [1.165, 1.54) is 0 Å². The molecule has 1 atom stereocenters.